The normalized spacial score (nSPS) is 17.4. The summed E-state index contributed by atoms with van der Waals surface area (Å²) in [7, 11) is 0. The van der Waals surface area contributed by atoms with Crippen LogP contribution in [0.4, 0.5) is 30.7 Å². The number of aryl methyl sites for hydroxylation is 1. The molecule has 0 saturated heterocycles. The van der Waals surface area contributed by atoms with Gasteiger partial charge in [-0.25, -0.2) is 22.0 Å². The number of alkyl halides is 2. The number of ether oxygens (including phenoxy) is 1. The zero-order valence-corrected chi connectivity index (χ0v) is 14.6. The third-order valence-corrected chi connectivity index (χ3v) is 4.73. The van der Waals surface area contributed by atoms with Crippen molar-refractivity contribution in [3.8, 4) is 5.75 Å². The van der Waals surface area contributed by atoms with Gasteiger partial charge >= 0.3 is 6.11 Å². The molecule has 8 heteroatoms. The van der Waals surface area contributed by atoms with Crippen LogP contribution in [0.5, 0.6) is 5.75 Å². The van der Waals surface area contributed by atoms with E-state index >= 15 is 0 Å². The molecule has 0 spiro atoms. The Morgan fingerprint density at radius 3 is 2.14 bits per heavy atom. The smallest absolute Gasteiger partial charge is 0.422 e. The Bertz CT molecular complexity index is 913. The zero-order valence-electron chi connectivity index (χ0n) is 14.6. The molecule has 2 aromatic rings. The van der Waals surface area contributed by atoms with Crippen molar-refractivity contribution in [3.63, 3.8) is 0 Å². The van der Waals surface area contributed by atoms with Crippen LogP contribution in [0.25, 0.3) is 0 Å². The third kappa shape index (κ3) is 3.86. The Morgan fingerprint density at radius 1 is 0.929 bits per heavy atom. The van der Waals surface area contributed by atoms with Gasteiger partial charge in [-0.2, -0.15) is 8.78 Å². The van der Waals surface area contributed by atoms with Crippen LogP contribution in [0, 0.1) is 36.0 Å². The largest absolute Gasteiger partial charge is 0.429 e. The summed E-state index contributed by atoms with van der Waals surface area (Å²) in [5.41, 5.74) is -0.209. The molecular weight excluding hydrogens is 389 g/mol. The molecule has 0 fully saturated rings. The van der Waals surface area contributed by atoms with Crippen molar-refractivity contribution in [2.24, 2.45) is 0 Å². The fraction of sp³-hybridized carbons (Fsp3) is 0.300. The van der Waals surface area contributed by atoms with Crippen LogP contribution in [0.3, 0.4) is 0 Å². The summed E-state index contributed by atoms with van der Waals surface area (Å²) in [6.45, 7) is 1.42. The summed E-state index contributed by atoms with van der Waals surface area (Å²) in [5.74, 6) is -8.42. The van der Waals surface area contributed by atoms with E-state index in [-0.39, 0.29) is 30.4 Å². The summed E-state index contributed by atoms with van der Waals surface area (Å²) in [5, 5.41) is 0. The first-order valence-corrected chi connectivity index (χ1v) is 8.45. The molecule has 0 aliphatic heterocycles. The minimum atomic E-state index is -3.89. The Morgan fingerprint density at radius 2 is 1.57 bits per heavy atom. The number of benzene rings is 2. The maximum atomic E-state index is 14.3. The van der Waals surface area contributed by atoms with Crippen molar-refractivity contribution in [2.75, 3.05) is 0 Å². The molecule has 2 aromatic carbocycles. The highest BCUT2D eigenvalue weighted by atomic mass is 19.3. The number of allylic oxidation sites excluding steroid dienone is 1. The maximum absolute atomic E-state index is 14.3. The second-order valence-corrected chi connectivity index (χ2v) is 6.62. The molecule has 1 aliphatic carbocycles. The molecule has 0 N–H and O–H groups in total. The SMILES string of the molecule is Cc1ccc(C2CC=C(C(F)(F)Oc3cc(F)c(F)c(F)c3)CC2)c(F)c1F. The molecule has 150 valence electrons. The minimum absolute atomic E-state index is 0.0137. The summed E-state index contributed by atoms with van der Waals surface area (Å²) < 4.78 is 100. The van der Waals surface area contributed by atoms with Crippen molar-refractivity contribution in [1.29, 1.82) is 0 Å². The first-order valence-electron chi connectivity index (χ1n) is 8.45. The molecule has 0 aromatic heterocycles. The molecule has 0 radical (unpaired) electrons. The quantitative estimate of drug-likeness (QED) is 0.319. The van der Waals surface area contributed by atoms with Crippen molar-refractivity contribution >= 4 is 0 Å². The molecule has 1 unspecified atom stereocenters. The van der Waals surface area contributed by atoms with Crippen LogP contribution in [0.2, 0.25) is 0 Å². The van der Waals surface area contributed by atoms with E-state index in [1.54, 1.807) is 0 Å². The van der Waals surface area contributed by atoms with Crippen LogP contribution in [0.15, 0.2) is 35.9 Å². The van der Waals surface area contributed by atoms with Crippen LogP contribution in [-0.2, 0) is 0 Å². The summed E-state index contributed by atoms with van der Waals surface area (Å²) >= 11 is 0. The van der Waals surface area contributed by atoms with Gasteiger partial charge in [-0.05, 0) is 43.2 Å². The van der Waals surface area contributed by atoms with E-state index in [4.69, 9.17) is 0 Å². The van der Waals surface area contributed by atoms with E-state index in [9.17, 15) is 30.7 Å². The van der Waals surface area contributed by atoms with E-state index in [1.807, 2.05) is 0 Å². The lowest BCUT2D eigenvalue weighted by molar-refractivity contribution is -0.145. The van der Waals surface area contributed by atoms with Gasteiger partial charge in [-0.15, -0.1) is 0 Å². The Balaban J connectivity index is 1.77. The fourth-order valence-electron chi connectivity index (χ4n) is 3.16. The van der Waals surface area contributed by atoms with Gasteiger partial charge in [-0.3, -0.25) is 0 Å². The van der Waals surface area contributed by atoms with Gasteiger partial charge in [0.25, 0.3) is 0 Å². The predicted molar refractivity (Wildman–Crippen MR) is 87.7 cm³/mol. The van der Waals surface area contributed by atoms with Crippen LogP contribution in [0.1, 0.15) is 36.3 Å². The molecule has 0 bridgehead atoms. The molecule has 3 rings (SSSR count). The molecule has 0 amide bonds. The van der Waals surface area contributed by atoms with Crippen molar-refractivity contribution in [1.82, 2.24) is 0 Å². The second kappa shape index (κ2) is 7.48. The average Bonchev–Trinajstić information content (AvgIpc) is 2.64. The van der Waals surface area contributed by atoms with Gasteiger partial charge in [-0.1, -0.05) is 18.2 Å². The Labute approximate surface area is 156 Å². The summed E-state index contributed by atoms with van der Waals surface area (Å²) in [6.07, 6.45) is -2.82. The standard InChI is InChI=1S/C20H15F7O/c1-10-2-7-14(18(24)17(10)23)11-3-5-12(6-4-11)20(26,27)28-13-8-15(21)19(25)16(22)9-13/h2,5,7-9,11H,3-4,6H2,1H3. The summed E-state index contributed by atoms with van der Waals surface area (Å²) in [6, 6.07) is 3.49. The Kier molecular flexibility index (Phi) is 5.41. The highest BCUT2D eigenvalue weighted by Crippen LogP contribution is 2.40. The van der Waals surface area contributed by atoms with Gasteiger partial charge in [0.1, 0.15) is 5.75 Å². The zero-order chi connectivity index (χ0) is 20.6. The molecule has 28 heavy (non-hydrogen) atoms. The predicted octanol–water partition coefficient (Wildman–Crippen LogP) is 6.56. The van der Waals surface area contributed by atoms with Crippen molar-refractivity contribution < 1.29 is 35.5 Å². The molecule has 0 saturated carbocycles. The molecule has 1 aliphatic rings. The molecular formula is C20H15F7O. The topological polar surface area (TPSA) is 9.23 Å². The molecule has 1 nitrogen and oxygen atoms in total. The molecule has 0 heterocycles. The van der Waals surface area contributed by atoms with Gasteiger partial charge in [0.15, 0.2) is 29.1 Å². The van der Waals surface area contributed by atoms with Crippen molar-refractivity contribution in [2.45, 2.75) is 38.2 Å². The number of hydrogen-bond acceptors (Lipinski definition) is 1. The lowest BCUT2D eigenvalue weighted by Crippen LogP contribution is -2.29. The Hall–Kier alpha value is -2.51. The second-order valence-electron chi connectivity index (χ2n) is 6.62. The average molecular weight is 404 g/mol. The van der Waals surface area contributed by atoms with E-state index in [0.29, 0.717) is 12.1 Å². The number of hydrogen-bond donors (Lipinski definition) is 0. The van der Waals surface area contributed by atoms with E-state index in [2.05, 4.69) is 4.74 Å². The van der Waals surface area contributed by atoms with Gasteiger partial charge in [0.05, 0.1) is 0 Å². The fourth-order valence-corrected chi connectivity index (χ4v) is 3.16. The first kappa shape index (κ1) is 20.2. The third-order valence-electron chi connectivity index (χ3n) is 4.73. The highest BCUT2D eigenvalue weighted by Gasteiger charge is 2.39. The van der Waals surface area contributed by atoms with E-state index in [1.165, 1.54) is 19.1 Å². The lowest BCUT2D eigenvalue weighted by Gasteiger charge is -2.27. The van der Waals surface area contributed by atoms with E-state index in [0.717, 1.165) is 6.08 Å². The number of halogens is 7. The highest BCUT2D eigenvalue weighted by molar-refractivity contribution is 5.31. The minimum Gasteiger partial charge on any atom is -0.429 e. The monoisotopic (exact) mass is 404 g/mol. The van der Waals surface area contributed by atoms with Gasteiger partial charge < -0.3 is 4.74 Å². The van der Waals surface area contributed by atoms with Crippen LogP contribution in [-0.4, -0.2) is 6.11 Å². The number of rotatable bonds is 4. The first-order chi connectivity index (χ1) is 13.1. The lowest BCUT2D eigenvalue weighted by atomic mass is 9.83. The van der Waals surface area contributed by atoms with Crippen LogP contribution >= 0.6 is 0 Å². The molecule has 1 atom stereocenters. The van der Waals surface area contributed by atoms with E-state index < -0.39 is 52.4 Å². The van der Waals surface area contributed by atoms with Gasteiger partial charge in [0, 0.05) is 17.7 Å². The van der Waals surface area contributed by atoms with Gasteiger partial charge in [0.2, 0.25) is 0 Å². The maximum Gasteiger partial charge on any atom is 0.422 e. The van der Waals surface area contributed by atoms with Crippen molar-refractivity contribution in [3.05, 3.63) is 76.1 Å². The van der Waals surface area contributed by atoms with Crippen LogP contribution < -0.4 is 4.74 Å². The summed E-state index contributed by atoms with van der Waals surface area (Å²) in [4.78, 5) is 0.